The standard InChI is InChI=1S/C39H48N4O4/c1-25-26(2)37(44)41(7)24-34(25)28-12-13-35(36(20-28)46-8)47-31-14-17-42(18-15-31)23-29-10-9-11-32-27(3)43(19-16-33(29)32)38(45)30(22-40)21-39(4,5)6/h9-13,20-21,24,27,31H,14-19,23H2,1-8H3/b30-21+. The predicted molar refractivity (Wildman–Crippen MR) is 185 cm³/mol. The Kier molecular flexibility index (Phi) is 9.97. The smallest absolute Gasteiger partial charge is 0.264 e. The zero-order chi connectivity index (χ0) is 34.0. The molecule has 248 valence electrons. The van der Waals surface area contributed by atoms with Crippen molar-refractivity contribution in [3.8, 4) is 28.7 Å². The van der Waals surface area contributed by atoms with Gasteiger partial charge in [0.15, 0.2) is 11.5 Å². The number of ether oxygens (including phenoxy) is 2. The van der Waals surface area contributed by atoms with Crippen LogP contribution in [0.3, 0.4) is 0 Å². The van der Waals surface area contributed by atoms with E-state index in [1.165, 1.54) is 16.7 Å². The minimum absolute atomic E-state index is 0.0178. The average Bonchev–Trinajstić information content (AvgIpc) is 3.05. The second-order valence-electron chi connectivity index (χ2n) is 14.1. The third-order valence-corrected chi connectivity index (χ3v) is 9.65. The molecule has 0 bridgehead atoms. The molecule has 5 rings (SSSR count). The largest absolute Gasteiger partial charge is 0.493 e. The molecule has 8 heteroatoms. The summed E-state index contributed by atoms with van der Waals surface area (Å²) < 4.78 is 13.9. The first kappa shape index (κ1) is 34.0. The van der Waals surface area contributed by atoms with Crippen LogP contribution in [0.5, 0.6) is 11.5 Å². The van der Waals surface area contributed by atoms with Crippen LogP contribution >= 0.6 is 0 Å². The maximum absolute atomic E-state index is 13.4. The van der Waals surface area contributed by atoms with E-state index in [0.29, 0.717) is 12.3 Å². The number of nitriles is 1. The van der Waals surface area contributed by atoms with Crippen molar-refractivity contribution in [2.45, 2.75) is 79.5 Å². The van der Waals surface area contributed by atoms with E-state index in [0.717, 1.165) is 66.9 Å². The lowest BCUT2D eigenvalue weighted by Gasteiger charge is -2.37. The van der Waals surface area contributed by atoms with Crippen molar-refractivity contribution in [2.75, 3.05) is 26.7 Å². The number of piperidine rings is 1. The summed E-state index contributed by atoms with van der Waals surface area (Å²) in [6.07, 6.45) is 6.36. The van der Waals surface area contributed by atoms with Crippen molar-refractivity contribution in [1.29, 1.82) is 5.26 Å². The number of carbonyl (C=O) groups is 1. The van der Waals surface area contributed by atoms with Gasteiger partial charge >= 0.3 is 0 Å². The molecule has 3 heterocycles. The SMILES string of the molecule is COc1cc(-c2cn(C)c(=O)c(C)c2C)ccc1OC1CCN(Cc2cccc3c2CCN(C(=O)/C(C#N)=C/C(C)(C)C)C3C)CC1. The highest BCUT2D eigenvalue weighted by atomic mass is 16.5. The number of benzene rings is 2. The molecule has 2 aliphatic rings. The summed E-state index contributed by atoms with van der Waals surface area (Å²) >= 11 is 0. The summed E-state index contributed by atoms with van der Waals surface area (Å²) in [5.41, 5.74) is 7.51. The highest BCUT2D eigenvalue weighted by molar-refractivity contribution is 5.97. The third kappa shape index (κ3) is 7.31. The van der Waals surface area contributed by atoms with Crippen molar-refractivity contribution in [3.63, 3.8) is 0 Å². The van der Waals surface area contributed by atoms with Crippen LogP contribution in [0.2, 0.25) is 0 Å². The number of hydrogen-bond donors (Lipinski definition) is 0. The molecule has 0 N–H and O–H groups in total. The fourth-order valence-corrected chi connectivity index (χ4v) is 6.90. The number of hydrogen-bond acceptors (Lipinski definition) is 6. The second-order valence-corrected chi connectivity index (χ2v) is 14.1. The molecule has 3 aromatic rings. The second kappa shape index (κ2) is 13.8. The van der Waals surface area contributed by atoms with Crippen LogP contribution < -0.4 is 15.0 Å². The number of pyridine rings is 1. The van der Waals surface area contributed by atoms with Crippen LogP contribution in [0.15, 0.2) is 59.0 Å². The van der Waals surface area contributed by atoms with Crippen molar-refractivity contribution in [2.24, 2.45) is 12.5 Å². The number of carbonyl (C=O) groups excluding carboxylic acids is 1. The Bertz CT molecular complexity index is 1780. The van der Waals surface area contributed by atoms with Gasteiger partial charge in [-0.05, 0) is 85.4 Å². The maximum atomic E-state index is 13.4. The third-order valence-electron chi connectivity index (χ3n) is 9.65. The van der Waals surface area contributed by atoms with Crippen molar-refractivity contribution in [1.82, 2.24) is 14.4 Å². The van der Waals surface area contributed by atoms with Gasteiger partial charge in [-0.25, -0.2) is 0 Å². The summed E-state index contributed by atoms with van der Waals surface area (Å²) in [6.45, 7) is 15.2. The molecule has 1 aromatic heterocycles. The number of fused-ring (bicyclic) bond motifs is 1. The zero-order valence-electron chi connectivity index (χ0n) is 29.1. The lowest BCUT2D eigenvalue weighted by Crippen LogP contribution is -2.41. The van der Waals surface area contributed by atoms with Crippen LogP contribution in [0.1, 0.15) is 74.4 Å². The van der Waals surface area contributed by atoms with E-state index in [1.54, 1.807) is 24.8 Å². The highest BCUT2D eigenvalue weighted by Gasteiger charge is 2.32. The van der Waals surface area contributed by atoms with E-state index < -0.39 is 0 Å². The minimum atomic E-state index is -0.246. The first-order chi connectivity index (χ1) is 22.3. The van der Waals surface area contributed by atoms with Gasteiger partial charge in [0.05, 0.1) is 13.2 Å². The van der Waals surface area contributed by atoms with Crippen LogP contribution in [0.4, 0.5) is 0 Å². The molecule has 8 nitrogen and oxygen atoms in total. The van der Waals surface area contributed by atoms with Gasteiger partial charge in [0, 0.05) is 50.6 Å². The van der Waals surface area contributed by atoms with Gasteiger partial charge in [-0.3, -0.25) is 14.5 Å². The normalized spacial score (nSPS) is 17.6. The van der Waals surface area contributed by atoms with Gasteiger partial charge in [0.1, 0.15) is 17.7 Å². The Morgan fingerprint density at radius 2 is 1.79 bits per heavy atom. The van der Waals surface area contributed by atoms with Crippen LogP contribution in [-0.4, -0.2) is 53.1 Å². The van der Waals surface area contributed by atoms with Crippen LogP contribution in [0, 0.1) is 30.6 Å². The number of rotatable bonds is 7. The maximum Gasteiger partial charge on any atom is 0.264 e. The Hall–Kier alpha value is -4.35. The van der Waals surface area contributed by atoms with E-state index in [1.807, 2.05) is 63.9 Å². The van der Waals surface area contributed by atoms with Crippen LogP contribution in [-0.2, 0) is 24.8 Å². The fraction of sp³-hybridized carbons (Fsp3) is 0.462. The van der Waals surface area contributed by atoms with E-state index in [9.17, 15) is 14.9 Å². The average molecular weight is 637 g/mol. The van der Waals surface area contributed by atoms with Gasteiger partial charge in [0.2, 0.25) is 0 Å². The van der Waals surface area contributed by atoms with Crippen molar-refractivity contribution < 1.29 is 14.3 Å². The summed E-state index contributed by atoms with van der Waals surface area (Å²) in [6, 6.07) is 14.5. The van der Waals surface area contributed by atoms with Crippen molar-refractivity contribution >= 4 is 5.91 Å². The zero-order valence-corrected chi connectivity index (χ0v) is 29.1. The van der Waals surface area contributed by atoms with Gasteiger partial charge in [0.25, 0.3) is 11.5 Å². The summed E-state index contributed by atoms with van der Waals surface area (Å²) in [7, 11) is 3.44. The van der Waals surface area contributed by atoms with Gasteiger partial charge in [-0.1, -0.05) is 51.1 Å². The number of methoxy groups -OCH3 is 1. The number of nitrogens with zero attached hydrogens (tertiary/aromatic N) is 4. The molecule has 1 atom stereocenters. The molecule has 2 aliphatic heterocycles. The molecule has 2 aromatic carbocycles. The number of likely N-dealkylation sites (tertiary alicyclic amines) is 1. The fourth-order valence-electron chi connectivity index (χ4n) is 6.90. The Morgan fingerprint density at radius 1 is 1.06 bits per heavy atom. The Morgan fingerprint density at radius 3 is 2.45 bits per heavy atom. The summed E-state index contributed by atoms with van der Waals surface area (Å²) in [5.74, 6) is 1.23. The number of aromatic nitrogens is 1. The summed E-state index contributed by atoms with van der Waals surface area (Å²) in [4.78, 5) is 30.1. The molecule has 1 amide bonds. The molecule has 1 fully saturated rings. The first-order valence-electron chi connectivity index (χ1n) is 16.6. The van der Waals surface area contributed by atoms with E-state index in [2.05, 4.69) is 36.1 Å². The lowest BCUT2D eigenvalue weighted by molar-refractivity contribution is -0.129. The van der Waals surface area contributed by atoms with E-state index >= 15 is 0 Å². The molecule has 0 aliphatic carbocycles. The van der Waals surface area contributed by atoms with Gasteiger partial charge in [-0.2, -0.15) is 5.26 Å². The number of aryl methyl sites for hydroxylation is 1. The van der Waals surface area contributed by atoms with Gasteiger partial charge < -0.3 is 18.9 Å². The first-order valence-corrected chi connectivity index (χ1v) is 16.6. The topological polar surface area (TPSA) is 87.8 Å². The monoisotopic (exact) mass is 636 g/mol. The molecule has 0 spiro atoms. The molecule has 0 radical (unpaired) electrons. The predicted octanol–water partition coefficient (Wildman–Crippen LogP) is 6.66. The molecule has 1 unspecified atom stereocenters. The Balaban J connectivity index is 1.23. The molecular formula is C39H48N4O4. The quantitative estimate of drug-likeness (QED) is 0.213. The molecular weight excluding hydrogens is 588 g/mol. The van der Waals surface area contributed by atoms with E-state index in [-0.39, 0.29) is 34.6 Å². The van der Waals surface area contributed by atoms with Gasteiger partial charge in [-0.15, -0.1) is 0 Å². The molecule has 1 saturated heterocycles. The van der Waals surface area contributed by atoms with E-state index in [4.69, 9.17) is 9.47 Å². The Labute approximate surface area is 279 Å². The molecule has 0 saturated carbocycles. The molecule has 47 heavy (non-hydrogen) atoms. The number of amides is 1. The van der Waals surface area contributed by atoms with Crippen LogP contribution in [0.25, 0.3) is 11.1 Å². The number of allylic oxidation sites excluding steroid dienone is 1. The summed E-state index contributed by atoms with van der Waals surface area (Å²) in [5, 5.41) is 9.72. The van der Waals surface area contributed by atoms with Crippen molar-refractivity contribution in [3.05, 3.63) is 92.4 Å². The highest BCUT2D eigenvalue weighted by Crippen LogP contribution is 2.37. The minimum Gasteiger partial charge on any atom is -0.493 e. The lowest BCUT2D eigenvalue weighted by atomic mass is 9.88.